The highest BCUT2D eigenvalue weighted by atomic mass is 32.2. The van der Waals surface area contributed by atoms with Crippen LogP contribution in [0.3, 0.4) is 0 Å². The molecule has 0 atom stereocenters. The number of rotatable bonds is 4. The number of nitrogens with zero attached hydrogens (tertiary/aromatic N) is 1. The van der Waals surface area contributed by atoms with Crippen molar-refractivity contribution in [3.63, 3.8) is 0 Å². The number of likely N-dealkylation sites (tertiary alicyclic amines) is 1. The first-order valence-electron chi connectivity index (χ1n) is 9.00. The minimum absolute atomic E-state index is 0.0911. The topological polar surface area (TPSA) is 65.2 Å². The molecule has 0 aliphatic carbocycles. The van der Waals surface area contributed by atoms with E-state index in [1.54, 1.807) is 24.3 Å². The molecule has 0 bridgehead atoms. The van der Waals surface area contributed by atoms with Gasteiger partial charge in [0.15, 0.2) is 0 Å². The summed E-state index contributed by atoms with van der Waals surface area (Å²) in [6, 6.07) is 11.3. The Morgan fingerprint density at radius 1 is 1.15 bits per heavy atom. The van der Waals surface area contributed by atoms with E-state index in [1.165, 1.54) is 18.3 Å². The maximum atomic E-state index is 13.6. The highest BCUT2D eigenvalue weighted by molar-refractivity contribution is 7.91. The second-order valence-electron chi connectivity index (χ2n) is 7.10. The van der Waals surface area contributed by atoms with Crippen molar-refractivity contribution in [2.45, 2.75) is 28.7 Å². The Hall–Kier alpha value is -2.38. The van der Waals surface area contributed by atoms with Crippen molar-refractivity contribution in [1.29, 1.82) is 0 Å². The summed E-state index contributed by atoms with van der Waals surface area (Å²) in [5.41, 5.74) is 1.38. The number of piperidine rings is 1. The maximum Gasteiger partial charge on any atom is 0.208 e. The van der Waals surface area contributed by atoms with E-state index in [0.29, 0.717) is 16.9 Å². The molecule has 0 unspecified atom stereocenters. The summed E-state index contributed by atoms with van der Waals surface area (Å²) >= 11 is 0. The molecule has 2 heterocycles. The second kappa shape index (κ2) is 6.98. The van der Waals surface area contributed by atoms with Gasteiger partial charge in [0.05, 0.1) is 9.79 Å². The van der Waals surface area contributed by atoms with Crippen molar-refractivity contribution < 1.29 is 12.8 Å². The molecule has 0 radical (unpaired) electrons. The quantitative estimate of drug-likeness (QED) is 0.717. The van der Waals surface area contributed by atoms with Crippen LogP contribution in [0.15, 0.2) is 58.5 Å². The van der Waals surface area contributed by atoms with Gasteiger partial charge in [0, 0.05) is 28.8 Å². The van der Waals surface area contributed by atoms with Gasteiger partial charge >= 0.3 is 0 Å². The Labute approximate surface area is 158 Å². The van der Waals surface area contributed by atoms with Crippen LogP contribution in [0.25, 0.3) is 10.9 Å². The van der Waals surface area contributed by atoms with E-state index < -0.39 is 15.7 Å². The predicted molar refractivity (Wildman–Crippen MR) is 104 cm³/mol. The highest BCUT2D eigenvalue weighted by Gasteiger charge is 2.23. The predicted octanol–water partition coefficient (Wildman–Crippen LogP) is 3.65. The first-order chi connectivity index (χ1) is 12.9. The number of H-pyrrole nitrogens is 1. The van der Waals surface area contributed by atoms with E-state index in [2.05, 4.69) is 22.2 Å². The summed E-state index contributed by atoms with van der Waals surface area (Å²) in [5.74, 6) is -0.462. The molecule has 4 rings (SSSR count). The fourth-order valence-corrected chi connectivity index (χ4v) is 5.02. The molecule has 1 aromatic heterocycles. The van der Waals surface area contributed by atoms with Crippen LogP contribution in [0, 0.1) is 5.82 Å². The standard InChI is InChI=1S/C20H22FN3O2S/c1-24-9-7-15(8-10-24)23-16-3-2-4-17(12-16)27(25,26)20-13-22-19-6-5-14(21)11-18(19)20/h2-6,11-13,15,22-23H,7-10H2,1H3. The van der Waals surface area contributed by atoms with Crippen LogP contribution in [0.2, 0.25) is 0 Å². The average Bonchev–Trinajstić information content (AvgIpc) is 3.08. The van der Waals surface area contributed by atoms with Crippen molar-refractivity contribution in [2.75, 3.05) is 25.5 Å². The van der Waals surface area contributed by atoms with E-state index >= 15 is 0 Å². The van der Waals surface area contributed by atoms with E-state index in [0.717, 1.165) is 31.6 Å². The van der Waals surface area contributed by atoms with Crippen molar-refractivity contribution in [1.82, 2.24) is 9.88 Å². The van der Waals surface area contributed by atoms with E-state index in [-0.39, 0.29) is 9.79 Å². The highest BCUT2D eigenvalue weighted by Crippen LogP contribution is 2.30. The first-order valence-corrected chi connectivity index (χ1v) is 10.5. The Bertz CT molecular complexity index is 1070. The molecular weight excluding hydrogens is 365 g/mol. The third kappa shape index (κ3) is 3.57. The molecule has 0 spiro atoms. The molecule has 2 aromatic carbocycles. The number of halogens is 1. The zero-order valence-electron chi connectivity index (χ0n) is 15.1. The van der Waals surface area contributed by atoms with Crippen LogP contribution in [-0.4, -0.2) is 44.5 Å². The number of aromatic amines is 1. The third-order valence-corrected chi connectivity index (χ3v) is 6.92. The number of anilines is 1. The lowest BCUT2D eigenvalue weighted by Gasteiger charge is -2.30. The first kappa shape index (κ1) is 18.0. The number of fused-ring (bicyclic) bond motifs is 1. The number of hydrogen-bond donors (Lipinski definition) is 2. The normalized spacial score (nSPS) is 16.7. The summed E-state index contributed by atoms with van der Waals surface area (Å²) < 4.78 is 39.9. The Balaban J connectivity index is 1.65. The molecule has 1 aliphatic heterocycles. The fraction of sp³-hybridized carbons (Fsp3) is 0.300. The van der Waals surface area contributed by atoms with Gasteiger partial charge in [0.2, 0.25) is 9.84 Å². The van der Waals surface area contributed by atoms with Crippen molar-refractivity contribution in [3.8, 4) is 0 Å². The van der Waals surface area contributed by atoms with Crippen LogP contribution in [0.5, 0.6) is 0 Å². The van der Waals surface area contributed by atoms with Gasteiger partial charge in [-0.15, -0.1) is 0 Å². The van der Waals surface area contributed by atoms with Gasteiger partial charge in [0.1, 0.15) is 5.82 Å². The van der Waals surface area contributed by atoms with Crippen molar-refractivity contribution in [2.24, 2.45) is 0 Å². The minimum Gasteiger partial charge on any atom is -0.382 e. The molecule has 2 N–H and O–H groups in total. The number of aromatic nitrogens is 1. The maximum absolute atomic E-state index is 13.6. The number of nitrogens with one attached hydrogen (secondary N) is 2. The molecule has 0 saturated carbocycles. The van der Waals surface area contributed by atoms with Crippen LogP contribution < -0.4 is 5.32 Å². The van der Waals surface area contributed by atoms with Gasteiger partial charge in [-0.1, -0.05) is 6.07 Å². The monoisotopic (exact) mass is 387 g/mol. The molecule has 1 aliphatic rings. The van der Waals surface area contributed by atoms with Crippen LogP contribution in [0.4, 0.5) is 10.1 Å². The van der Waals surface area contributed by atoms with Crippen molar-refractivity contribution in [3.05, 3.63) is 54.5 Å². The lowest BCUT2D eigenvalue weighted by atomic mass is 10.1. The summed E-state index contributed by atoms with van der Waals surface area (Å²) in [4.78, 5) is 5.49. The molecule has 27 heavy (non-hydrogen) atoms. The second-order valence-corrected chi connectivity index (χ2v) is 9.01. The zero-order valence-corrected chi connectivity index (χ0v) is 15.9. The summed E-state index contributed by atoms with van der Waals surface area (Å²) in [7, 11) is -1.65. The van der Waals surface area contributed by atoms with E-state index in [4.69, 9.17) is 0 Å². The largest absolute Gasteiger partial charge is 0.382 e. The zero-order chi connectivity index (χ0) is 19.0. The minimum atomic E-state index is -3.76. The van der Waals surface area contributed by atoms with Gasteiger partial charge in [-0.3, -0.25) is 0 Å². The summed E-state index contributed by atoms with van der Waals surface area (Å²) in [6.45, 7) is 2.05. The van der Waals surface area contributed by atoms with Gasteiger partial charge in [0.25, 0.3) is 0 Å². The average molecular weight is 387 g/mol. The lowest BCUT2D eigenvalue weighted by molar-refractivity contribution is 0.264. The summed E-state index contributed by atoms with van der Waals surface area (Å²) in [5, 5.41) is 3.81. The molecule has 1 fully saturated rings. The van der Waals surface area contributed by atoms with E-state index in [9.17, 15) is 12.8 Å². The summed E-state index contributed by atoms with van der Waals surface area (Å²) in [6.07, 6.45) is 3.47. The van der Waals surface area contributed by atoms with Crippen molar-refractivity contribution >= 4 is 26.4 Å². The SMILES string of the molecule is CN1CCC(Nc2cccc(S(=O)(=O)c3c[nH]c4ccc(F)cc34)c2)CC1. The smallest absolute Gasteiger partial charge is 0.208 e. The van der Waals surface area contributed by atoms with Crippen LogP contribution in [0.1, 0.15) is 12.8 Å². The van der Waals surface area contributed by atoms with Gasteiger partial charge < -0.3 is 15.2 Å². The van der Waals surface area contributed by atoms with E-state index in [1.807, 2.05) is 6.07 Å². The van der Waals surface area contributed by atoms with Gasteiger partial charge in [-0.25, -0.2) is 12.8 Å². The Morgan fingerprint density at radius 2 is 1.93 bits per heavy atom. The number of sulfone groups is 1. The fourth-order valence-electron chi connectivity index (χ4n) is 3.56. The molecule has 5 nitrogen and oxygen atoms in total. The number of benzene rings is 2. The third-order valence-electron chi connectivity index (χ3n) is 5.13. The molecular formula is C20H22FN3O2S. The molecule has 1 saturated heterocycles. The molecule has 3 aromatic rings. The lowest BCUT2D eigenvalue weighted by Crippen LogP contribution is -2.36. The van der Waals surface area contributed by atoms with Gasteiger partial charge in [-0.05, 0) is 69.4 Å². The number of hydrogen-bond acceptors (Lipinski definition) is 4. The van der Waals surface area contributed by atoms with Crippen LogP contribution >= 0.6 is 0 Å². The molecule has 7 heteroatoms. The Kier molecular flexibility index (Phi) is 4.65. The van der Waals surface area contributed by atoms with Crippen LogP contribution in [-0.2, 0) is 9.84 Å². The molecule has 0 amide bonds. The van der Waals surface area contributed by atoms with Gasteiger partial charge in [-0.2, -0.15) is 0 Å². The Morgan fingerprint density at radius 3 is 2.70 bits per heavy atom. The molecule has 142 valence electrons.